The molecular formula is C14H21N5O3S. The number of aliphatic hydroxyl groups excluding tert-OH is 1. The summed E-state index contributed by atoms with van der Waals surface area (Å²) in [6, 6.07) is 2.07. The molecule has 3 N–H and O–H groups in total. The van der Waals surface area contributed by atoms with Crippen LogP contribution in [0.1, 0.15) is 19.8 Å². The van der Waals surface area contributed by atoms with Gasteiger partial charge in [0.25, 0.3) is 0 Å². The zero-order valence-corrected chi connectivity index (χ0v) is 13.9. The van der Waals surface area contributed by atoms with Crippen molar-refractivity contribution in [3.05, 3.63) is 18.6 Å². The monoisotopic (exact) mass is 339 g/mol. The Morgan fingerprint density at radius 1 is 1.48 bits per heavy atom. The fourth-order valence-corrected chi connectivity index (χ4v) is 4.36. The third kappa shape index (κ3) is 3.46. The zero-order valence-electron chi connectivity index (χ0n) is 13.1. The van der Waals surface area contributed by atoms with E-state index >= 15 is 0 Å². The highest BCUT2D eigenvalue weighted by Crippen LogP contribution is 2.31. The second-order valence-corrected chi connectivity index (χ2v) is 7.92. The van der Waals surface area contributed by atoms with E-state index in [1.54, 1.807) is 0 Å². The van der Waals surface area contributed by atoms with Gasteiger partial charge < -0.3 is 15.0 Å². The SMILES string of the molecule is C[C@H](O)CS(=O)(=O)NC1CC(N(C)c2ncnc3[nH]ccc23)C1. The van der Waals surface area contributed by atoms with E-state index in [0.717, 1.165) is 16.9 Å². The van der Waals surface area contributed by atoms with Crippen molar-refractivity contribution in [3.63, 3.8) is 0 Å². The van der Waals surface area contributed by atoms with Crippen molar-refractivity contribution in [2.24, 2.45) is 0 Å². The zero-order chi connectivity index (χ0) is 16.6. The molecule has 0 aromatic carbocycles. The van der Waals surface area contributed by atoms with E-state index in [4.69, 9.17) is 0 Å². The van der Waals surface area contributed by atoms with Crippen LogP contribution in [0.4, 0.5) is 5.82 Å². The molecule has 0 aliphatic heterocycles. The van der Waals surface area contributed by atoms with Gasteiger partial charge in [0.2, 0.25) is 10.0 Å². The van der Waals surface area contributed by atoms with Crippen LogP contribution in [0.3, 0.4) is 0 Å². The van der Waals surface area contributed by atoms with Gasteiger partial charge in [0, 0.05) is 25.3 Å². The number of aliphatic hydroxyl groups is 1. The van der Waals surface area contributed by atoms with Gasteiger partial charge in [-0.15, -0.1) is 0 Å². The Labute approximate surface area is 135 Å². The van der Waals surface area contributed by atoms with Crippen LogP contribution in [-0.4, -0.2) is 59.5 Å². The highest BCUT2D eigenvalue weighted by atomic mass is 32.2. The average molecular weight is 339 g/mol. The van der Waals surface area contributed by atoms with Gasteiger partial charge in [-0.2, -0.15) is 0 Å². The van der Waals surface area contributed by atoms with E-state index in [1.165, 1.54) is 13.3 Å². The summed E-state index contributed by atoms with van der Waals surface area (Å²) in [5.74, 6) is 0.575. The molecule has 126 valence electrons. The van der Waals surface area contributed by atoms with Crippen molar-refractivity contribution in [2.45, 2.75) is 38.0 Å². The second-order valence-electron chi connectivity index (χ2n) is 6.12. The van der Waals surface area contributed by atoms with Crippen molar-refractivity contribution < 1.29 is 13.5 Å². The Morgan fingerprint density at radius 2 is 2.22 bits per heavy atom. The number of nitrogens with zero attached hydrogens (tertiary/aromatic N) is 3. The summed E-state index contributed by atoms with van der Waals surface area (Å²) in [5.41, 5.74) is 0.787. The lowest BCUT2D eigenvalue weighted by Crippen LogP contribution is -2.53. The number of aromatic amines is 1. The topological polar surface area (TPSA) is 111 Å². The molecule has 0 radical (unpaired) electrons. The molecule has 0 amide bonds. The Kier molecular flexibility index (Phi) is 4.26. The number of rotatable bonds is 6. The van der Waals surface area contributed by atoms with Gasteiger partial charge in [0.05, 0.1) is 17.2 Å². The number of hydrogen-bond donors (Lipinski definition) is 3. The molecule has 2 heterocycles. The first-order chi connectivity index (χ1) is 10.9. The third-order valence-corrected chi connectivity index (χ3v) is 5.75. The van der Waals surface area contributed by atoms with Gasteiger partial charge in [0.15, 0.2) is 0 Å². The molecule has 2 aromatic heterocycles. The predicted molar refractivity (Wildman–Crippen MR) is 87.7 cm³/mol. The van der Waals surface area contributed by atoms with Crippen LogP contribution in [0, 0.1) is 0 Å². The van der Waals surface area contributed by atoms with Gasteiger partial charge in [0.1, 0.15) is 17.8 Å². The predicted octanol–water partition coefficient (Wildman–Crippen LogP) is 0.225. The van der Waals surface area contributed by atoms with Crippen LogP contribution in [0.2, 0.25) is 0 Å². The molecule has 8 nitrogen and oxygen atoms in total. The molecule has 0 spiro atoms. The molecule has 9 heteroatoms. The first-order valence-corrected chi connectivity index (χ1v) is 9.20. The maximum Gasteiger partial charge on any atom is 0.214 e. The summed E-state index contributed by atoms with van der Waals surface area (Å²) in [6.45, 7) is 1.47. The lowest BCUT2D eigenvalue weighted by molar-refractivity contribution is 0.217. The van der Waals surface area contributed by atoms with Gasteiger partial charge in [-0.25, -0.2) is 23.1 Å². The number of hydrogen-bond acceptors (Lipinski definition) is 6. The van der Waals surface area contributed by atoms with Crippen molar-refractivity contribution in [2.75, 3.05) is 17.7 Å². The second kappa shape index (κ2) is 6.06. The number of fused-ring (bicyclic) bond motifs is 1. The number of H-pyrrole nitrogens is 1. The summed E-state index contributed by atoms with van der Waals surface area (Å²) in [5, 5.41) is 10.2. The molecular weight excluding hydrogens is 318 g/mol. The van der Waals surface area contributed by atoms with Crippen molar-refractivity contribution in [3.8, 4) is 0 Å². The highest BCUT2D eigenvalue weighted by molar-refractivity contribution is 7.89. The van der Waals surface area contributed by atoms with E-state index in [-0.39, 0.29) is 17.8 Å². The van der Waals surface area contributed by atoms with Crippen LogP contribution in [-0.2, 0) is 10.0 Å². The third-order valence-electron chi connectivity index (χ3n) is 4.13. The molecule has 23 heavy (non-hydrogen) atoms. The Bertz CT molecular complexity index is 783. The smallest absolute Gasteiger partial charge is 0.214 e. The molecule has 0 unspecified atom stereocenters. The quantitative estimate of drug-likeness (QED) is 0.694. The van der Waals surface area contributed by atoms with Crippen LogP contribution in [0.15, 0.2) is 18.6 Å². The van der Waals surface area contributed by atoms with E-state index in [0.29, 0.717) is 12.8 Å². The summed E-state index contributed by atoms with van der Waals surface area (Å²) in [4.78, 5) is 13.6. The Hall–Kier alpha value is -1.71. The summed E-state index contributed by atoms with van der Waals surface area (Å²) in [6.07, 6.45) is 3.90. The van der Waals surface area contributed by atoms with Crippen LogP contribution < -0.4 is 9.62 Å². The molecule has 1 fully saturated rings. The first-order valence-electron chi connectivity index (χ1n) is 7.54. The van der Waals surface area contributed by atoms with Crippen molar-refractivity contribution in [1.29, 1.82) is 0 Å². The minimum Gasteiger partial charge on any atom is -0.392 e. The molecule has 1 aliphatic rings. The molecule has 1 saturated carbocycles. The van der Waals surface area contributed by atoms with Crippen LogP contribution in [0.25, 0.3) is 11.0 Å². The molecule has 1 aliphatic carbocycles. The molecule has 1 atom stereocenters. The van der Waals surface area contributed by atoms with Crippen molar-refractivity contribution >= 4 is 26.9 Å². The van der Waals surface area contributed by atoms with E-state index in [2.05, 4.69) is 24.6 Å². The molecule has 0 bridgehead atoms. The summed E-state index contributed by atoms with van der Waals surface area (Å²) < 4.78 is 26.3. The maximum absolute atomic E-state index is 11.8. The summed E-state index contributed by atoms with van der Waals surface area (Å²) in [7, 11) is -1.47. The van der Waals surface area contributed by atoms with E-state index in [1.807, 2.05) is 19.3 Å². The number of anilines is 1. The maximum atomic E-state index is 11.8. The minimum atomic E-state index is -3.43. The highest BCUT2D eigenvalue weighted by Gasteiger charge is 2.35. The first kappa shape index (κ1) is 16.2. The number of nitrogens with one attached hydrogen (secondary N) is 2. The standard InChI is InChI=1S/C14H21N5O3S/c1-9(20)7-23(21,22)18-10-5-11(6-10)19(2)14-12-3-4-15-13(12)16-8-17-14/h3-4,8-11,18,20H,5-7H2,1-2H3,(H,15,16,17)/t9-,10?,11?/m0/s1. The number of sulfonamides is 1. The van der Waals surface area contributed by atoms with Crippen LogP contribution in [0.5, 0.6) is 0 Å². The minimum absolute atomic E-state index is 0.0882. The molecule has 0 saturated heterocycles. The van der Waals surface area contributed by atoms with Gasteiger partial charge >= 0.3 is 0 Å². The lowest BCUT2D eigenvalue weighted by Gasteiger charge is -2.41. The van der Waals surface area contributed by atoms with Crippen molar-refractivity contribution in [1.82, 2.24) is 19.7 Å². The van der Waals surface area contributed by atoms with E-state index < -0.39 is 16.1 Å². The Balaban J connectivity index is 1.62. The fraction of sp³-hybridized carbons (Fsp3) is 0.571. The largest absolute Gasteiger partial charge is 0.392 e. The molecule has 3 rings (SSSR count). The summed E-state index contributed by atoms with van der Waals surface area (Å²) >= 11 is 0. The van der Waals surface area contributed by atoms with Gasteiger partial charge in [-0.3, -0.25) is 0 Å². The number of aromatic nitrogens is 3. The van der Waals surface area contributed by atoms with Gasteiger partial charge in [-0.05, 0) is 25.8 Å². The normalized spacial score (nSPS) is 22.7. The Morgan fingerprint density at radius 3 is 2.91 bits per heavy atom. The van der Waals surface area contributed by atoms with Crippen LogP contribution >= 0.6 is 0 Å². The van der Waals surface area contributed by atoms with E-state index in [9.17, 15) is 13.5 Å². The molecule has 2 aromatic rings. The lowest BCUT2D eigenvalue weighted by atomic mass is 9.86. The van der Waals surface area contributed by atoms with Gasteiger partial charge in [-0.1, -0.05) is 0 Å². The average Bonchev–Trinajstić information content (AvgIpc) is 2.88. The fourth-order valence-electron chi connectivity index (χ4n) is 2.93.